The van der Waals surface area contributed by atoms with Crippen molar-refractivity contribution in [2.75, 3.05) is 0 Å². The Bertz CT molecular complexity index is 1340. The number of halogens is 2. The third-order valence-electron chi connectivity index (χ3n) is 6.65. The highest BCUT2D eigenvalue weighted by Crippen LogP contribution is 2.38. The van der Waals surface area contributed by atoms with E-state index >= 15 is 0 Å². The SMILES string of the molecule is CC1(C(=O)NCc2ccc(F)cc2)Cn2cnc(C(=O)NCc3ccccc3Cl)c2C(=O)N1C1CC1. The lowest BCUT2D eigenvalue weighted by atomic mass is 9.93. The molecule has 1 atom stereocenters. The van der Waals surface area contributed by atoms with Crippen molar-refractivity contribution in [3.05, 3.63) is 88.2 Å². The molecule has 1 aliphatic carbocycles. The first-order valence-corrected chi connectivity index (χ1v) is 12.1. The van der Waals surface area contributed by atoms with Gasteiger partial charge in [0.05, 0.1) is 12.9 Å². The Labute approximate surface area is 212 Å². The summed E-state index contributed by atoms with van der Waals surface area (Å²) in [6.45, 7) is 2.27. The molecule has 0 saturated heterocycles. The lowest BCUT2D eigenvalue weighted by Crippen LogP contribution is -2.64. The highest BCUT2D eigenvalue weighted by Gasteiger charge is 2.53. The molecule has 5 rings (SSSR count). The van der Waals surface area contributed by atoms with E-state index in [9.17, 15) is 18.8 Å². The monoisotopic (exact) mass is 509 g/mol. The van der Waals surface area contributed by atoms with Crippen LogP contribution in [-0.2, 0) is 24.4 Å². The minimum Gasteiger partial charge on any atom is -0.350 e. The van der Waals surface area contributed by atoms with Crippen LogP contribution in [0, 0.1) is 5.82 Å². The molecule has 186 valence electrons. The number of aromatic nitrogens is 2. The molecule has 1 fully saturated rings. The van der Waals surface area contributed by atoms with Crippen LogP contribution < -0.4 is 10.6 Å². The van der Waals surface area contributed by atoms with Gasteiger partial charge in [-0.25, -0.2) is 9.37 Å². The van der Waals surface area contributed by atoms with E-state index in [1.54, 1.807) is 46.7 Å². The fourth-order valence-electron chi connectivity index (χ4n) is 4.60. The summed E-state index contributed by atoms with van der Waals surface area (Å²) >= 11 is 6.18. The topological polar surface area (TPSA) is 96.3 Å². The molecule has 0 spiro atoms. The van der Waals surface area contributed by atoms with Crippen LogP contribution in [0.15, 0.2) is 54.9 Å². The van der Waals surface area contributed by atoms with Gasteiger partial charge in [-0.2, -0.15) is 0 Å². The van der Waals surface area contributed by atoms with Crippen LogP contribution in [0.5, 0.6) is 0 Å². The summed E-state index contributed by atoms with van der Waals surface area (Å²) in [7, 11) is 0. The van der Waals surface area contributed by atoms with Crippen molar-refractivity contribution >= 4 is 29.3 Å². The van der Waals surface area contributed by atoms with E-state index in [1.165, 1.54) is 18.5 Å². The number of hydrogen-bond donors (Lipinski definition) is 2. The van der Waals surface area contributed by atoms with Crippen LogP contribution in [0.3, 0.4) is 0 Å². The van der Waals surface area contributed by atoms with E-state index in [2.05, 4.69) is 15.6 Å². The summed E-state index contributed by atoms with van der Waals surface area (Å²) in [4.78, 5) is 45.9. The summed E-state index contributed by atoms with van der Waals surface area (Å²) in [5.41, 5.74) is 0.511. The zero-order valence-corrected chi connectivity index (χ0v) is 20.4. The van der Waals surface area contributed by atoms with Gasteiger partial charge in [0.15, 0.2) is 5.69 Å². The Morgan fingerprint density at radius 1 is 1.11 bits per heavy atom. The van der Waals surface area contributed by atoms with Crippen LogP contribution in [-0.4, -0.2) is 43.8 Å². The van der Waals surface area contributed by atoms with Gasteiger partial charge in [0.25, 0.3) is 11.8 Å². The molecule has 1 aliphatic heterocycles. The molecule has 8 nitrogen and oxygen atoms in total. The molecule has 0 bridgehead atoms. The van der Waals surface area contributed by atoms with E-state index in [4.69, 9.17) is 11.6 Å². The molecular weight excluding hydrogens is 485 g/mol. The Morgan fingerprint density at radius 2 is 1.83 bits per heavy atom. The Morgan fingerprint density at radius 3 is 2.53 bits per heavy atom. The number of nitrogens with one attached hydrogen (secondary N) is 2. The van der Waals surface area contributed by atoms with Crippen molar-refractivity contribution in [2.24, 2.45) is 0 Å². The number of carbonyl (C=O) groups is 3. The second-order valence-corrected chi connectivity index (χ2v) is 9.74. The molecule has 1 saturated carbocycles. The number of benzene rings is 2. The quantitative estimate of drug-likeness (QED) is 0.511. The van der Waals surface area contributed by atoms with Gasteiger partial charge in [0.2, 0.25) is 5.91 Å². The summed E-state index contributed by atoms with van der Waals surface area (Å²) in [5.74, 6) is -1.56. The molecule has 2 aromatic carbocycles. The number of imidazole rings is 1. The van der Waals surface area contributed by atoms with E-state index in [1.807, 2.05) is 6.07 Å². The number of hydrogen-bond acceptors (Lipinski definition) is 4. The van der Waals surface area contributed by atoms with Gasteiger partial charge in [-0.05, 0) is 49.1 Å². The maximum atomic E-state index is 13.7. The maximum Gasteiger partial charge on any atom is 0.274 e. The fourth-order valence-corrected chi connectivity index (χ4v) is 4.80. The molecule has 2 heterocycles. The minimum absolute atomic E-state index is 0.0199. The first-order valence-electron chi connectivity index (χ1n) is 11.7. The Balaban J connectivity index is 1.36. The average Bonchev–Trinajstić information content (AvgIpc) is 3.60. The van der Waals surface area contributed by atoms with Crippen LogP contribution in [0.4, 0.5) is 4.39 Å². The molecule has 10 heteroatoms. The predicted molar refractivity (Wildman–Crippen MR) is 131 cm³/mol. The molecule has 3 aromatic rings. The molecule has 1 unspecified atom stereocenters. The van der Waals surface area contributed by atoms with E-state index in [0.717, 1.165) is 24.0 Å². The standard InChI is InChI=1S/C26H25ClFN5O3/c1-26(25(36)30-12-16-6-8-18(28)9-7-16)14-32-15-31-21(22(32)24(35)33(26)19-10-11-19)23(34)29-13-17-4-2-3-5-20(17)27/h2-9,15,19H,10-14H2,1H3,(H,29,34)(H,30,36). The first kappa shape index (κ1) is 24.0. The van der Waals surface area contributed by atoms with E-state index in [0.29, 0.717) is 5.02 Å². The third-order valence-corrected chi connectivity index (χ3v) is 7.02. The highest BCUT2D eigenvalue weighted by molar-refractivity contribution is 6.31. The van der Waals surface area contributed by atoms with Crippen LogP contribution in [0.2, 0.25) is 5.02 Å². The maximum absolute atomic E-state index is 13.7. The molecule has 2 aliphatic rings. The fraction of sp³-hybridized carbons (Fsp3) is 0.308. The number of fused-ring (bicyclic) bond motifs is 1. The summed E-state index contributed by atoms with van der Waals surface area (Å²) in [6.07, 6.45) is 3.00. The van der Waals surface area contributed by atoms with E-state index in [-0.39, 0.29) is 48.8 Å². The molecule has 1 aromatic heterocycles. The van der Waals surface area contributed by atoms with Crippen molar-refractivity contribution < 1.29 is 18.8 Å². The number of nitrogens with zero attached hydrogens (tertiary/aromatic N) is 3. The summed E-state index contributed by atoms with van der Waals surface area (Å²) < 4.78 is 14.8. The van der Waals surface area contributed by atoms with Crippen molar-refractivity contribution in [2.45, 2.75) is 51.0 Å². The van der Waals surface area contributed by atoms with Gasteiger partial charge in [0.1, 0.15) is 17.1 Å². The van der Waals surface area contributed by atoms with Crippen molar-refractivity contribution in [3.8, 4) is 0 Å². The average molecular weight is 510 g/mol. The van der Waals surface area contributed by atoms with Gasteiger partial charge >= 0.3 is 0 Å². The smallest absolute Gasteiger partial charge is 0.274 e. The highest BCUT2D eigenvalue weighted by atomic mass is 35.5. The van der Waals surface area contributed by atoms with Crippen LogP contribution >= 0.6 is 11.6 Å². The summed E-state index contributed by atoms with van der Waals surface area (Å²) in [5, 5.41) is 6.20. The van der Waals surface area contributed by atoms with Crippen LogP contribution in [0.1, 0.15) is 51.9 Å². The van der Waals surface area contributed by atoms with Crippen LogP contribution in [0.25, 0.3) is 0 Å². The molecular formula is C26H25ClFN5O3. The Hall–Kier alpha value is -3.72. The minimum atomic E-state index is -1.17. The molecule has 2 N–H and O–H groups in total. The van der Waals surface area contributed by atoms with Gasteiger partial charge in [-0.1, -0.05) is 41.9 Å². The third kappa shape index (κ3) is 4.46. The number of rotatable bonds is 7. The largest absolute Gasteiger partial charge is 0.350 e. The number of carbonyl (C=O) groups excluding carboxylic acids is 3. The van der Waals surface area contributed by atoms with Crippen molar-refractivity contribution in [1.29, 1.82) is 0 Å². The van der Waals surface area contributed by atoms with Gasteiger partial charge in [-0.3, -0.25) is 14.4 Å². The second-order valence-electron chi connectivity index (χ2n) is 9.33. The number of amides is 3. The zero-order valence-electron chi connectivity index (χ0n) is 19.6. The first-order chi connectivity index (χ1) is 17.3. The second kappa shape index (κ2) is 9.39. The molecule has 0 radical (unpaired) electrons. The van der Waals surface area contributed by atoms with Crippen molar-refractivity contribution in [3.63, 3.8) is 0 Å². The molecule has 3 amide bonds. The lowest BCUT2D eigenvalue weighted by Gasteiger charge is -2.44. The predicted octanol–water partition coefficient (Wildman–Crippen LogP) is 3.30. The summed E-state index contributed by atoms with van der Waals surface area (Å²) in [6, 6.07) is 13.0. The lowest BCUT2D eigenvalue weighted by molar-refractivity contribution is -0.133. The van der Waals surface area contributed by atoms with Gasteiger partial charge in [-0.15, -0.1) is 0 Å². The van der Waals surface area contributed by atoms with Crippen molar-refractivity contribution in [1.82, 2.24) is 25.1 Å². The van der Waals surface area contributed by atoms with Gasteiger partial charge in [0, 0.05) is 24.2 Å². The Kier molecular flexibility index (Phi) is 6.26. The van der Waals surface area contributed by atoms with Gasteiger partial charge < -0.3 is 20.1 Å². The normalized spacial score (nSPS) is 19.1. The zero-order chi connectivity index (χ0) is 25.4. The molecule has 36 heavy (non-hydrogen) atoms. The van der Waals surface area contributed by atoms with E-state index < -0.39 is 17.4 Å².